The number of amides is 2. The maximum atomic E-state index is 12.5. The summed E-state index contributed by atoms with van der Waals surface area (Å²) in [4.78, 5) is 24.5. The van der Waals surface area contributed by atoms with Crippen molar-refractivity contribution in [3.05, 3.63) is 71.8 Å². The summed E-state index contributed by atoms with van der Waals surface area (Å²) < 4.78 is 0. The molecule has 0 aliphatic rings. The van der Waals surface area contributed by atoms with Gasteiger partial charge in [0.1, 0.15) is 0 Å². The minimum absolute atomic E-state index is 0.119. The molecule has 0 spiro atoms. The van der Waals surface area contributed by atoms with Crippen molar-refractivity contribution >= 4 is 40.9 Å². The highest BCUT2D eigenvalue weighted by atomic mass is 32.1. The molecule has 2 amide bonds. The fraction of sp³-hybridized carbons (Fsp3) is 0.190. The maximum Gasteiger partial charge on any atom is 0.253 e. The molecule has 2 aromatic rings. The minimum Gasteiger partial charge on any atom is -0.347 e. The second kappa shape index (κ2) is 9.09. The number of hydrogen-bond acceptors (Lipinski definition) is 3. The van der Waals surface area contributed by atoms with Crippen LogP contribution in [0, 0.1) is 0 Å². The average Bonchev–Trinajstić information content (AvgIpc) is 2.59. The molecule has 3 N–H and O–H groups in total. The summed E-state index contributed by atoms with van der Waals surface area (Å²) >= 11 is 5.19. The van der Waals surface area contributed by atoms with Crippen LogP contribution >= 0.6 is 12.2 Å². The van der Waals surface area contributed by atoms with E-state index in [2.05, 4.69) is 16.0 Å². The normalized spacial score (nSPS) is 11.1. The monoisotopic (exact) mass is 381 g/mol. The fourth-order valence-electron chi connectivity index (χ4n) is 2.24. The van der Waals surface area contributed by atoms with Crippen molar-refractivity contribution in [3.8, 4) is 0 Å². The van der Waals surface area contributed by atoms with E-state index in [0.29, 0.717) is 11.3 Å². The minimum atomic E-state index is -0.360. The highest BCUT2D eigenvalue weighted by molar-refractivity contribution is 7.80. The SMILES string of the molecule is CC(C)(C)NC(=O)c1ccccc1NC(=S)NC(=O)/C=C/c1ccccc1. The van der Waals surface area contributed by atoms with Gasteiger partial charge in [-0.15, -0.1) is 0 Å². The van der Waals surface area contributed by atoms with Crippen molar-refractivity contribution in [1.29, 1.82) is 0 Å². The first kappa shape index (κ1) is 20.3. The number of para-hydroxylation sites is 1. The highest BCUT2D eigenvalue weighted by Gasteiger charge is 2.18. The predicted octanol–water partition coefficient (Wildman–Crippen LogP) is 3.74. The number of nitrogens with one attached hydrogen (secondary N) is 3. The summed E-state index contributed by atoms with van der Waals surface area (Å²) in [6.45, 7) is 5.72. The highest BCUT2D eigenvalue weighted by Crippen LogP contribution is 2.16. The van der Waals surface area contributed by atoms with Gasteiger partial charge in [-0.25, -0.2) is 0 Å². The van der Waals surface area contributed by atoms with Crippen molar-refractivity contribution in [1.82, 2.24) is 10.6 Å². The fourth-order valence-corrected chi connectivity index (χ4v) is 2.45. The third-order valence-corrected chi connectivity index (χ3v) is 3.58. The topological polar surface area (TPSA) is 70.2 Å². The van der Waals surface area contributed by atoms with Crippen LogP contribution in [0.15, 0.2) is 60.7 Å². The van der Waals surface area contributed by atoms with Crippen LogP contribution < -0.4 is 16.0 Å². The molecule has 140 valence electrons. The van der Waals surface area contributed by atoms with Crippen LogP contribution in [-0.2, 0) is 4.79 Å². The summed E-state index contributed by atoms with van der Waals surface area (Å²) in [6.07, 6.45) is 3.10. The van der Waals surface area contributed by atoms with E-state index in [0.717, 1.165) is 5.56 Å². The molecule has 0 aliphatic carbocycles. The van der Waals surface area contributed by atoms with Gasteiger partial charge in [-0.05, 0) is 56.8 Å². The Hall–Kier alpha value is -2.99. The van der Waals surface area contributed by atoms with E-state index in [1.54, 1.807) is 30.3 Å². The first-order chi connectivity index (χ1) is 12.7. The van der Waals surface area contributed by atoms with Gasteiger partial charge >= 0.3 is 0 Å². The molecule has 2 rings (SSSR count). The quantitative estimate of drug-likeness (QED) is 0.557. The number of hydrogen-bond donors (Lipinski definition) is 3. The second-order valence-electron chi connectivity index (χ2n) is 6.94. The lowest BCUT2D eigenvalue weighted by atomic mass is 10.1. The van der Waals surface area contributed by atoms with Crippen molar-refractivity contribution in [2.24, 2.45) is 0 Å². The van der Waals surface area contributed by atoms with Gasteiger partial charge in [-0.3, -0.25) is 14.9 Å². The molecule has 6 heteroatoms. The Morgan fingerprint density at radius 1 is 0.963 bits per heavy atom. The van der Waals surface area contributed by atoms with Crippen molar-refractivity contribution in [2.45, 2.75) is 26.3 Å². The molecule has 0 saturated heterocycles. The molecule has 5 nitrogen and oxygen atoms in total. The van der Waals surface area contributed by atoms with Gasteiger partial charge < -0.3 is 10.6 Å². The summed E-state index contributed by atoms with van der Waals surface area (Å²) in [6, 6.07) is 16.5. The maximum absolute atomic E-state index is 12.5. The molecule has 0 aromatic heterocycles. The lowest BCUT2D eigenvalue weighted by Gasteiger charge is -2.21. The molecular weight excluding hydrogens is 358 g/mol. The summed E-state index contributed by atoms with van der Waals surface area (Å²) in [5, 5.41) is 8.51. The zero-order valence-electron chi connectivity index (χ0n) is 15.6. The van der Waals surface area contributed by atoms with Gasteiger partial charge in [-0.2, -0.15) is 0 Å². The first-order valence-corrected chi connectivity index (χ1v) is 8.92. The molecular formula is C21H23N3O2S. The first-order valence-electron chi connectivity index (χ1n) is 8.51. The zero-order chi connectivity index (χ0) is 19.9. The van der Waals surface area contributed by atoms with E-state index >= 15 is 0 Å². The number of thiocarbonyl (C=S) groups is 1. The molecule has 0 radical (unpaired) electrons. The van der Waals surface area contributed by atoms with E-state index in [1.807, 2.05) is 51.1 Å². The van der Waals surface area contributed by atoms with E-state index < -0.39 is 0 Å². The Balaban J connectivity index is 2.00. The number of anilines is 1. The van der Waals surface area contributed by atoms with E-state index in [1.165, 1.54) is 6.08 Å². The Bertz CT molecular complexity index is 855. The summed E-state index contributed by atoms with van der Waals surface area (Å²) in [5.74, 6) is -0.573. The van der Waals surface area contributed by atoms with Crippen molar-refractivity contribution < 1.29 is 9.59 Å². The van der Waals surface area contributed by atoms with Crippen LogP contribution in [-0.4, -0.2) is 22.5 Å². The lowest BCUT2D eigenvalue weighted by molar-refractivity contribution is -0.115. The molecule has 2 aromatic carbocycles. The Morgan fingerprint density at radius 2 is 1.59 bits per heavy atom. The summed E-state index contributed by atoms with van der Waals surface area (Å²) in [5.41, 5.74) is 1.53. The molecule has 0 unspecified atom stereocenters. The molecule has 0 aliphatic heterocycles. The summed E-state index contributed by atoms with van der Waals surface area (Å²) in [7, 11) is 0. The third-order valence-electron chi connectivity index (χ3n) is 3.37. The van der Waals surface area contributed by atoms with E-state index in [-0.39, 0.29) is 22.5 Å². The van der Waals surface area contributed by atoms with E-state index in [4.69, 9.17) is 12.2 Å². The van der Waals surface area contributed by atoms with Crippen molar-refractivity contribution in [2.75, 3.05) is 5.32 Å². The molecule has 0 heterocycles. The van der Waals surface area contributed by atoms with Crippen LogP contribution in [0.1, 0.15) is 36.7 Å². The number of carbonyl (C=O) groups is 2. The Labute approximate surface area is 164 Å². The van der Waals surface area contributed by atoms with Gasteiger partial charge in [0, 0.05) is 11.6 Å². The Morgan fingerprint density at radius 3 is 2.26 bits per heavy atom. The Kier molecular flexibility index (Phi) is 6.85. The average molecular weight is 382 g/mol. The van der Waals surface area contributed by atoms with Gasteiger partial charge in [0.25, 0.3) is 5.91 Å². The van der Waals surface area contributed by atoms with Crippen LogP contribution in [0.3, 0.4) is 0 Å². The zero-order valence-corrected chi connectivity index (χ0v) is 16.4. The van der Waals surface area contributed by atoms with Crippen LogP contribution in [0.2, 0.25) is 0 Å². The molecule has 27 heavy (non-hydrogen) atoms. The second-order valence-corrected chi connectivity index (χ2v) is 7.35. The van der Waals surface area contributed by atoms with Gasteiger partial charge in [0.15, 0.2) is 5.11 Å². The smallest absolute Gasteiger partial charge is 0.253 e. The number of carbonyl (C=O) groups excluding carboxylic acids is 2. The van der Waals surface area contributed by atoms with E-state index in [9.17, 15) is 9.59 Å². The molecule has 0 bridgehead atoms. The number of rotatable bonds is 4. The predicted molar refractivity (Wildman–Crippen MR) is 114 cm³/mol. The largest absolute Gasteiger partial charge is 0.347 e. The molecule has 0 saturated carbocycles. The lowest BCUT2D eigenvalue weighted by Crippen LogP contribution is -2.41. The molecule has 0 atom stereocenters. The van der Waals surface area contributed by atoms with Gasteiger partial charge in [0.2, 0.25) is 5.91 Å². The molecule has 0 fully saturated rings. The third kappa shape index (κ3) is 7.03. The standard InChI is InChI=1S/C21H23N3O2S/c1-21(2,3)24-19(26)16-11-7-8-12-17(16)22-20(27)23-18(25)14-13-15-9-5-4-6-10-15/h4-14H,1-3H3,(H,24,26)(H2,22,23,25,27)/b14-13+. The van der Waals surface area contributed by atoms with Gasteiger partial charge in [-0.1, -0.05) is 42.5 Å². The van der Waals surface area contributed by atoms with Crippen LogP contribution in [0.25, 0.3) is 6.08 Å². The van der Waals surface area contributed by atoms with Crippen molar-refractivity contribution in [3.63, 3.8) is 0 Å². The number of benzene rings is 2. The van der Waals surface area contributed by atoms with Gasteiger partial charge in [0.05, 0.1) is 11.3 Å². The van der Waals surface area contributed by atoms with Crippen LogP contribution in [0.4, 0.5) is 5.69 Å². The van der Waals surface area contributed by atoms with Crippen LogP contribution in [0.5, 0.6) is 0 Å².